The van der Waals surface area contributed by atoms with Crippen molar-refractivity contribution in [2.24, 2.45) is 0 Å². The summed E-state index contributed by atoms with van der Waals surface area (Å²) in [6.07, 6.45) is 0.897. The summed E-state index contributed by atoms with van der Waals surface area (Å²) in [7, 11) is 1.36. The third kappa shape index (κ3) is 5.98. The van der Waals surface area contributed by atoms with Crippen LogP contribution in [-0.4, -0.2) is 36.3 Å². The van der Waals surface area contributed by atoms with Gasteiger partial charge in [-0.25, -0.2) is 4.98 Å². The SMILES string of the molecule is COC(=O)CCCNC(=O)CSc1nc(-c2ccc(C)cc2)cs1. The number of ether oxygens (including phenoxy) is 1. The number of carbonyl (C=O) groups excluding carboxylic acids is 2. The molecule has 0 spiro atoms. The Kier molecular flexibility index (Phi) is 7.27. The summed E-state index contributed by atoms with van der Waals surface area (Å²) in [5.41, 5.74) is 3.23. The number of hydrogen-bond donors (Lipinski definition) is 1. The summed E-state index contributed by atoms with van der Waals surface area (Å²) in [4.78, 5) is 27.3. The number of esters is 1. The molecule has 5 nitrogen and oxygen atoms in total. The molecule has 1 amide bonds. The zero-order chi connectivity index (χ0) is 17.4. The van der Waals surface area contributed by atoms with Crippen molar-refractivity contribution in [3.8, 4) is 11.3 Å². The zero-order valence-electron chi connectivity index (χ0n) is 13.7. The number of aryl methyl sites for hydroxylation is 1. The van der Waals surface area contributed by atoms with Gasteiger partial charge in [0.05, 0.1) is 18.6 Å². The maximum Gasteiger partial charge on any atom is 0.305 e. The highest BCUT2D eigenvalue weighted by Gasteiger charge is 2.08. The van der Waals surface area contributed by atoms with Crippen molar-refractivity contribution in [2.45, 2.75) is 24.1 Å². The Labute approximate surface area is 149 Å². The quantitative estimate of drug-likeness (QED) is 0.442. The van der Waals surface area contributed by atoms with Crippen molar-refractivity contribution in [1.29, 1.82) is 0 Å². The molecule has 0 bridgehead atoms. The topological polar surface area (TPSA) is 68.3 Å². The molecule has 0 aliphatic rings. The second-order valence-corrected chi connectivity index (χ2v) is 7.26. The van der Waals surface area contributed by atoms with Crippen molar-refractivity contribution < 1.29 is 14.3 Å². The van der Waals surface area contributed by atoms with Gasteiger partial charge in [-0.15, -0.1) is 11.3 Å². The van der Waals surface area contributed by atoms with Crippen molar-refractivity contribution in [2.75, 3.05) is 19.4 Å². The molecule has 0 unspecified atom stereocenters. The molecule has 2 rings (SSSR count). The summed E-state index contributed by atoms with van der Waals surface area (Å²) in [6.45, 7) is 2.52. The fourth-order valence-electron chi connectivity index (χ4n) is 1.92. The summed E-state index contributed by atoms with van der Waals surface area (Å²) < 4.78 is 5.42. The third-order valence-corrected chi connectivity index (χ3v) is 5.29. The Morgan fingerprint density at radius 2 is 2.04 bits per heavy atom. The first-order valence-electron chi connectivity index (χ1n) is 7.57. The lowest BCUT2D eigenvalue weighted by Crippen LogP contribution is -2.26. The van der Waals surface area contributed by atoms with Gasteiger partial charge in [-0.2, -0.15) is 0 Å². The number of carbonyl (C=O) groups is 2. The Bertz CT molecular complexity index is 683. The van der Waals surface area contributed by atoms with Gasteiger partial charge in [-0.1, -0.05) is 41.6 Å². The van der Waals surface area contributed by atoms with Gasteiger partial charge < -0.3 is 10.1 Å². The van der Waals surface area contributed by atoms with E-state index in [0.717, 1.165) is 15.6 Å². The summed E-state index contributed by atoms with van der Waals surface area (Å²) in [6, 6.07) is 8.21. The fourth-order valence-corrected chi connectivity index (χ4v) is 3.59. The van der Waals surface area contributed by atoms with Crippen LogP contribution in [0.1, 0.15) is 18.4 Å². The number of rotatable bonds is 8. The average molecular weight is 364 g/mol. The lowest BCUT2D eigenvalue weighted by Gasteiger charge is -2.03. The van der Waals surface area contributed by atoms with E-state index in [9.17, 15) is 9.59 Å². The molecule has 0 saturated heterocycles. The first-order chi connectivity index (χ1) is 11.6. The number of nitrogens with one attached hydrogen (secondary N) is 1. The van der Waals surface area contributed by atoms with Crippen LogP contribution in [0.25, 0.3) is 11.3 Å². The number of aromatic nitrogens is 1. The maximum absolute atomic E-state index is 11.8. The molecule has 1 heterocycles. The van der Waals surface area contributed by atoms with E-state index < -0.39 is 0 Å². The van der Waals surface area contributed by atoms with Gasteiger partial charge in [0.2, 0.25) is 5.91 Å². The Balaban J connectivity index is 1.73. The van der Waals surface area contributed by atoms with Crippen LogP contribution in [-0.2, 0) is 14.3 Å². The van der Waals surface area contributed by atoms with Gasteiger partial charge in [-0.3, -0.25) is 9.59 Å². The predicted molar refractivity (Wildman–Crippen MR) is 97.3 cm³/mol. The van der Waals surface area contributed by atoms with Crippen molar-refractivity contribution in [3.63, 3.8) is 0 Å². The normalized spacial score (nSPS) is 10.4. The van der Waals surface area contributed by atoms with Crippen LogP contribution >= 0.6 is 23.1 Å². The second-order valence-electron chi connectivity index (χ2n) is 5.18. The highest BCUT2D eigenvalue weighted by atomic mass is 32.2. The summed E-state index contributed by atoms with van der Waals surface area (Å²) in [5.74, 6) is 0.000931. The van der Waals surface area contributed by atoms with Gasteiger partial charge in [0.25, 0.3) is 0 Å². The van der Waals surface area contributed by atoms with Crippen molar-refractivity contribution >= 4 is 35.0 Å². The number of thiazole rings is 1. The lowest BCUT2D eigenvalue weighted by atomic mass is 10.1. The number of thioether (sulfide) groups is 1. The van der Waals surface area contributed by atoms with Crippen molar-refractivity contribution in [1.82, 2.24) is 10.3 Å². The molecule has 0 radical (unpaired) electrons. The first kappa shape index (κ1) is 18.5. The molecule has 0 atom stereocenters. The zero-order valence-corrected chi connectivity index (χ0v) is 15.3. The minimum atomic E-state index is -0.259. The summed E-state index contributed by atoms with van der Waals surface area (Å²) in [5, 5.41) is 4.79. The molecule has 0 fully saturated rings. The number of benzene rings is 1. The monoisotopic (exact) mass is 364 g/mol. The van der Waals surface area contributed by atoms with Gasteiger partial charge in [0.15, 0.2) is 4.34 Å². The molecule has 128 valence electrons. The Morgan fingerprint density at radius 1 is 1.29 bits per heavy atom. The number of hydrogen-bond acceptors (Lipinski definition) is 6. The van der Waals surface area contributed by atoms with Crippen LogP contribution in [0.4, 0.5) is 0 Å². The van der Waals surface area contributed by atoms with E-state index in [1.54, 1.807) is 0 Å². The van der Waals surface area contributed by atoms with Crippen LogP contribution in [0.2, 0.25) is 0 Å². The second kappa shape index (κ2) is 9.44. The van der Waals surface area contributed by atoms with Gasteiger partial charge in [-0.05, 0) is 13.3 Å². The largest absolute Gasteiger partial charge is 0.469 e. The van der Waals surface area contributed by atoms with Crippen LogP contribution in [0.3, 0.4) is 0 Å². The Hall–Kier alpha value is -1.86. The molecule has 0 aliphatic carbocycles. The molecule has 2 aromatic rings. The standard InChI is InChI=1S/C17H20N2O3S2/c1-12-5-7-13(8-6-12)14-10-23-17(19-14)24-11-15(20)18-9-3-4-16(21)22-2/h5-8,10H,3-4,9,11H2,1-2H3,(H,18,20). The predicted octanol–water partition coefficient (Wildman–Crippen LogP) is 3.28. The Morgan fingerprint density at radius 3 is 2.75 bits per heavy atom. The summed E-state index contributed by atoms with van der Waals surface area (Å²) >= 11 is 2.96. The highest BCUT2D eigenvalue weighted by molar-refractivity contribution is 8.01. The minimum Gasteiger partial charge on any atom is -0.469 e. The van der Waals surface area contributed by atoms with Crippen LogP contribution < -0.4 is 5.32 Å². The molecular weight excluding hydrogens is 344 g/mol. The number of amides is 1. The molecule has 1 N–H and O–H groups in total. The smallest absolute Gasteiger partial charge is 0.305 e. The first-order valence-corrected chi connectivity index (χ1v) is 9.44. The lowest BCUT2D eigenvalue weighted by molar-refractivity contribution is -0.140. The highest BCUT2D eigenvalue weighted by Crippen LogP contribution is 2.28. The molecule has 1 aromatic carbocycles. The molecule has 1 aromatic heterocycles. The third-order valence-electron chi connectivity index (χ3n) is 3.26. The van der Waals surface area contributed by atoms with Gasteiger partial charge in [0, 0.05) is 23.9 Å². The molecule has 7 heteroatoms. The number of methoxy groups -OCH3 is 1. The molecule has 0 aliphatic heterocycles. The molecule has 0 saturated carbocycles. The maximum atomic E-state index is 11.8. The van der Waals surface area contributed by atoms with Crippen LogP contribution in [0.15, 0.2) is 34.0 Å². The van der Waals surface area contributed by atoms with E-state index in [1.807, 2.05) is 17.5 Å². The van der Waals surface area contributed by atoms with Crippen LogP contribution in [0, 0.1) is 6.92 Å². The average Bonchev–Trinajstić information content (AvgIpc) is 3.06. The van der Waals surface area contributed by atoms with Crippen LogP contribution in [0.5, 0.6) is 0 Å². The van der Waals surface area contributed by atoms with E-state index in [2.05, 4.69) is 34.1 Å². The van der Waals surface area contributed by atoms with E-state index in [4.69, 9.17) is 0 Å². The van der Waals surface area contributed by atoms with E-state index >= 15 is 0 Å². The van der Waals surface area contributed by atoms with Crippen molar-refractivity contribution in [3.05, 3.63) is 35.2 Å². The minimum absolute atomic E-state index is 0.0584. The van der Waals surface area contributed by atoms with Gasteiger partial charge in [0.1, 0.15) is 0 Å². The van der Waals surface area contributed by atoms with E-state index in [0.29, 0.717) is 25.1 Å². The van der Waals surface area contributed by atoms with E-state index in [-0.39, 0.29) is 11.9 Å². The molecular formula is C17H20N2O3S2. The molecule has 24 heavy (non-hydrogen) atoms. The number of nitrogens with zero attached hydrogens (tertiary/aromatic N) is 1. The van der Waals surface area contributed by atoms with Gasteiger partial charge >= 0.3 is 5.97 Å². The fraction of sp³-hybridized carbons (Fsp3) is 0.353. The van der Waals surface area contributed by atoms with E-state index in [1.165, 1.54) is 35.8 Å².